The molecule has 35 heavy (non-hydrogen) atoms. The Morgan fingerprint density at radius 3 is 2.63 bits per heavy atom. The van der Waals surface area contributed by atoms with E-state index in [1.807, 2.05) is 18.2 Å². The minimum Gasteiger partial charge on any atom is -0.456 e. The predicted octanol–water partition coefficient (Wildman–Crippen LogP) is 3.75. The maximum absolute atomic E-state index is 13.7. The Balaban J connectivity index is 1.55. The number of anilines is 1. The summed E-state index contributed by atoms with van der Waals surface area (Å²) in [5.41, 5.74) is 8.48. The molecule has 0 saturated carbocycles. The van der Waals surface area contributed by atoms with Gasteiger partial charge in [-0.05, 0) is 43.2 Å². The van der Waals surface area contributed by atoms with Crippen LogP contribution in [0.2, 0.25) is 0 Å². The van der Waals surface area contributed by atoms with Crippen molar-refractivity contribution in [2.24, 2.45) is 0 Å². The molecule has 2 aromatic heterocycles. The Bertz CT molecular complexity index is 1400. The van der Waals surface area contributed by atoms with Crippen LogP contribution in [-0.2, 0) is 4.79 Å². The summed E-state index contributed by atoms with van der Waals surface area (Å²) in [6.07, 6.45) is 2.99. The van der Waals surface area contributed by atoms with E-state index in [1.54, 1.807) is 27.6 Å². The summed E-state index contributed by atoms with van der Waals surface area (Å²) in [5, 5.41) is 9.15. The number of amides is 1. The van der Waals surface area contributed by atoms with E-state index in [2.05, 4.69) is 4.98 Å². The van der Waals surface area contributed by atoms with E-state index < -0.39 is 18.2 Å². The van der Waals surface area contributed by atoms with Crippen LogP contribution in [0.1, 0.15) is 24.5 Å². The minimum atomic E-state index is -1.01. The number of hydrogen-bond donors (Lipinski definition) is 2. The lowest BCUT2D eigenvalue weighted by molar-refractivity contribution is -0.135. The number of carbonyl (C=O) groups excluding carboxylic acids is 1. The van der Waals surface area contributed by atoms with Crippen LogP contribution in [0.25, 0.3) is 16.9 Å². The zero-order valence-corrected chi connectivity index (χ0v) is 18.7. The Labute approximate surface area is 199 Å². The maximum atomic E-state index is 13.7. The number of imidazole rings is 1. The Morgan fingerprint density at radius 1 is 1.11 bits per heavy atom. The Kier molecular flexibility index (Phi) is 6.04. The number of aliphatic hydroxyl groups is 1. The number of likely N-dealkylation sites (tertiary alicyclic amines) is 1. The molecule has 1 amide bonds. The lowest BCUT2D eigenvalue weighted by Crippen LogP contribution is -2.39. The second-order valence-corrected chi connectivity index (χ2v) is 8.33. The van der Waals surface area contributed by atoms with Gasteiger partial charge in [0.05, 0.1) is 16.8 Å². The van der Waals surface area contributed by atoms with Crippen LogP contribution in [0.15, 0.2) is 54.7 Å². The van der Waals surface area contributed by atoms with E-state index in [4.69, 9.17) is 20.6 Å². The number of para-hydroxylation sites is 1. The number of rotatable bonds is 5. The molecule has 8 nitrogen and oxygen atoms in total. The first-order valence-electron chi connectivity index (χ1n) is 11.2. The van der Waals surface area contributed by atoms with Crippen molar-refractivity contribution in [3.05, 3.63) is 72.1 Å². The summed E-state index contributed by atoms with van der Waals surface area (Å²) in [4.78, 5) is 22.7. The highest BCUT2D eigenvalue weighted by atomic mass is 19.2. The molecule has 0 aliphatic carbocycles. The van der Waals surface area contributed by atoms with E-state index in [9.17, 15) is 13.6 Å². The van der Waals surface area contributed by atoms with Gasteiger partial charge in [0.1, 0.15) is 18.1 Å². The normalized spacial score (nSPS) is 14.4. The van der Waals surface area contributed by atoms with Gasteiger partial charge in [0.25, 0.3) is 0 Å². The van der Waals surface area contributed by atoms with Gasteiger partial charge < -0.3 is 20.5 Å². The lowest BCUT2D eigenvalue weighted by atomic mass is 9.93. The average Bonchev–Trinajstić information content (AvgIpc) is 3.27. The molecule has 0 spiro atoms. The van der Waals surface area contributed by atoms with Crippen LogP contribution in [0.3, 0.4) is 0 Å². The first kappa shape index (κ1) is 22.7. The van der Waals surface area contributed by atoms with E-state index in [0.717, 1.165) is 23.3 Å². The van der Waals surface area contributed by atoms with Gasteiger partial charge in [-0.1, -0.05) is 12.1 Å². The fraction of sp³-hybridized carbons (Fsp3) is 0.240. The van der Waals surface area contributed by atoms with E-state index in [1.165, 1.54) is 6.07 Å². The number of halogens is 2. The van der Waals surface area contributed by atoms with Gasteiger partial charge in [-0.3, -0.25) is 9.20 Å². The zero-order valence-electron chi connectivity index (χ0n) is 18.7. The smallest absolute Gasteiger partial charge is 0.248 e. The number of fused-ring (bicyclic) bond motifs is 1. The molecule has 2 aromatic carbocycles. The zero-order chi connectivity index (χ0) is 24.5. The van der Waals surface area contributed by atoms with Crippen molar-refractivity contribution in [1.29, 1.82) is 0 Å². The molecule has 10 heteroatoms. The van der Waals surface area contributed by atoms with Crippen LogP contribution < -0.4 is 10.5 Å². The minimum absolute atomic E-state index is 0.0718. The standard InChI is InChI=1S/C25H23F2N5O3/c26-18-6-5-16(13-19(18)27)35-21-4-2-1-3-17(21)24-30-23(20-7-10-29-25(28)32(20)24)15-8-11-31(12-9-15)22(34)14-33/h1-7,10,13,15,33H,8-9,11-12,14H2,(H2,28,29). The third kappa shape index (κ3) is 4.28. The van der Waals surface area contributed by atoms with Crippen molar-refractivity contribution < 1.29 is 23.4 Å². The molecule has 1 saturated heterocycles. The van der Waals surface area contributed by atoms with Crippen molar-refractivity contribution >= 4 is 17.4 Å². The quantitative estimate of drug-likeness (QED) is 0.452. The molecule has 0 radical (unpaired) electrons. The second-order valence-electron chi connectivity index (χ2n) is 8.33. The first-order chi connectivity index (χ1) is 17.0. The van der Waals surface area contributed by atoms with Gasteiger partial charge in [0, 0.05) is 31.3 Å². The number of benzene rings is 2. The molecule has 0 bridgehead atoms. The molecule has 0 unspecified atom stereocenters. The molecule has 1 aliphatic rings. The molecule has 180 valence electrons. The number of nitrogens with two attached hydrogens (primary N) is 1. The molecular formula is C25H23F2N5O3. The largest absolute Gasteiger partial charge is 0.456 e. The van der Waals surface area contributed by atoms with Crippen LogP contribution in [0, 0.1) is 11.6 Å². The molecule has 4 aromatic rings. The van der Waals surface area contributed by atoms with Crippen molar-refractivity contribution in [3.8, 4) is 22.9 Å². The van der Waals surface area contributed by atoms with Gasteiger partial charge in [0.2, 0.25) is 11.9 Å². The summed E-state index contributed by atoms with van der Waals surface area (Å²) in [6.45, 7) is 0.544. The highest BCUT2D eigenvalue weighted by Crippen LogP contribution is 2.38. The first-order valence-corrected chi connectivity index (χ1v) is 11.2. The van der Waals surface area contributed by atoms with Crippen LogP contribution in [0.5, 0.6) is 11.5 Å². The molecule has 1 aliphatic heterocycles. The fourth-order valence-corrected chi connectivity index (χ4v) is 4.47. The molecule has 5 rings (SSSR count). The van der Waals surface area contributed by atoms with Crippen molar-refractivity contribution in [1.82, 2.24) is 19.3 Å². The number of carbonyl (C=O) groups is 1. The van der Waals surface area contributed by atoms with E-state index in [0.29, 0.717) is 43.1 Å². The summed E-state index contributed by atoms with van der Waals surface area (Å²) >= 11 is 0. The van der Waals surface area contributed by atoms with Gasteiger partial charge in [-0.25, -0.2) is 18.7 Å². The Hall–Kier alpha value is -4.05. The predicted molar refractivity (Wildman–Crippen MR) is 125 cm³/mol. The van der Waals surface area contributed by atoms with Gasteiger partial charge in [-0.15, -0.1) is 0 Å². The number of ether oxygens (including phenoxy) is 1. The highest BCUT2D eigenvalue weighted by molar-refractivity contribution is 5.77. The summed E-state index contributed by atoms with van der Waals surface area (Å²) in [6, 6.07) is 12.3. The summed E-state index contributed by atoms with van der Waals surface area (Å²) < 4.78 is 34.8. The third-order valence-electron chi connectivity index (χ3n) is 6.23. The topological polar surface area (TPSA) is 106 Å². The molecule has 3 N–H and O–H groups in total. The second kappa shape index (κ2) is 9.30. The van der Waals surface area contributed by atoms with E-state index >= 15 is 0 Å². The lowest BCUT2D eigenvalue weighted by Gasteiger charge is -2.31. The number of aliphatic hydroxyl groups excluding tert-OH is 1. The highest BCUT2D eigenvalue weighted by Gasteiger charge is 2.28. The number of aromatic nitrogens is 3. The average molecular weight is 479 g/mol. The van der Waals surface area contributed by atoms with Gasteiger partial charge >= 0.3 is 0 Å². The monoisotopic (exact) mass is 479 g/mol. The SMILES string of the molecule is Nc1nccc2c(C3CCN(C(=O)CO)CC3)nc(-c3ccccc3Oc3ccc(F)c(F)c3)n12. The van der Waals surface area contributed by atoms with Gasteiger partial charge in [-0.2, -0.15) is 0 Å². The number of nitrogen functional groups attached to an aromatic ring is 1. The van der Waals surface area contributed by atoms with Crippen molar-refractivity contribution in [2.45, 2.75) is 18.8 Å². The summed E-state index contributed by atoms with van der Waals surface area (Å²) in [7, 11) is 0. The molecule has 1 fully saturated rings. The van der Waals surface area contributed by atoms with Gasteiger partial charge in [0.15, 0.2) is 17.5 Å². The van der Waals surface area contributed by atoms with Crippen molar-refractivity contribution in [3.63, 3.8) is 0 Å². The van der Waals surface area contributed by atoms with Crippen LogP contribution in [0.4, 0.5) is 14.7 Å². The fourth-order valence-electron chi connectivity index (χ4n) is 4.47. The number of hydrogen-bond acceptors (Lipinski definition) is 6. The maximum Gasteiger partial charge on any atom is 0.248 e. The summed E-state index contributed by atoms with van der Waals surface area (Å²) in [5.74, 6) is -0.890. The molecular weight excluding hydrogens is 456 g/mol. The number of nitrogens with zero attached hydrogens (tertiary/aromatic N) is 4. The van der Waals surface area contributed by atoms with Crippen molar-refractivity contribution in [2.75, 3.05) is 25.4 Å². The third-order valence-corrected chi connectivity index (χ3v) is 6.23. The van der Waals surface area contributed by atoms with Crippen LogP contribution >= 0.6 is 0 Å². The Morgan fingerprint density at radius 2 is 1.89 bits per heavy atom. The van der Waals surface area contributed by atoms with E-state index in [-0.39, 0.29) is 23.5 Å². The molecule has 0 atom stereocenters. The number of piperidine rings is 1. The molecule has 3 heterocycles. The van der Waals surface area contributed by atoms with Crippen LogP contribution in [-0.4, -0.2) is 50.0 Å².